The van der Waals surface area contributed by atoms with Crippen molar-refractivity contribution in [3.8, 4) is 0 Å². The van der Waals surface area contributed by atoms with Crippen molar-refractivity contribution in [3.63, 3.8) is 0 Å². The van der Waals surface area contributed by atoms with Crippen molar-refractivity contribution in [2.45, 2.75) is 0 Å². The summed E-state index contributed by atoms with van der Waals surface area (Å²) in [5.41, 5.74) is -0.453. The molecule has 3 nitrogen and oxygen atoms in total. The summed E-state index contributed by atoms with van der Waals surface area (Å²) in [6.07, 6.45) is 0. The highest BCUT2D eigenvalue weighted by atomic mass is 35.5. The molecule has 0 aliphatic carbocycles. The predicted molar refractivity (Wildman–Crippen MR) is 49.6 cm³/mol. The quantitative estimate of drug-likeness (QED) is 0.822. The molecule has 0 aliphatic rings. The van der Waals surface area contributed by atoms with Crippen molar-refractivity contribution in [2.24, 2.45) is 0 Å². The third kappa shape index (κ3) is 2.55. The van der Waals surface area contributed by atoms with Gasteiger partial charge >= 0.3 is 0 Å². The fourth-order valence-corrected chi connectivity index (χ4v) is 1.49. The van der Waals surface area contributed by atoms with Crippen molar-refractivity contribution in [3.05, 3.63) is 29.8 Å². The molecule has 1 aromatic carbocycles. The second-order valence-electron chi connectivity index (χ2n) is 2.43. The minimum Gasteiger partial charge on any atom is -0.279 e. The van der Waals surface area contributed by atoms with Gasteiger partial charge in [0, 0.05) is 0 Å². The van der Waals surface area contributed by atoms with Gasteiger partial charge in [-0.1, -0.05) is 6.07 Å². The molecule has 0 bridgehead atoms. The highest BCUT2D eigenvalue weighted by Gasteiger charge is 2.13. The van der Waals surface area contributed by atoms with Crippen LogP contribution in [-0.2, 0) is 10.0 Å². The molecule has 0 atom stereocenters. The maximum atomic E-state index is 12.9. The highest BCUT2D eigenvalue weighted by Crippen LogP contribution is 2.17. The van der Waals surface area contributed by atoms with E-state index in [0.717, 1.165) is 12.1 Å². The second kappa shape index (κ2) is 4.10. The van der Waals surface area contributed by atoms with E-state index in [9.17, 15) is 17.2 Å². The van der Waals surface area contributed by atoms with Crippen molar-refractivity contribution >= 4 is 27.3 Å². The number of rotatable bonds is 3. The van der Waals surface area contributed by atoms with Gasteiger partial charge in [-0.25, -0.2) is 17.2 Å². The van der Waals surface area contributed by atoms with Crippen LogP contribution in [-0.4, -0.2) is 13.6 Å². The Morgan fingerprint density at radius 1 is 1.36 bits per heavy atom. The zero-order valence-corrected chi connectivity index (χ0v) is 8.37. The molecular weight excluding hydrogens is 236 g/mol. The average Bonchev–Trinajstić information content (AvgIpc) is 2.13. The van der Waals surface area contributed by atoms with E-state index in [1.807, 2.05) is 0 Å². The minimum absolute atomic E-state index is 0.453. The molecule has 0 unspecified atom stereocenters. The molecule has 0 saturated heterocycles. The van der Waals surface area contributed by atoms with Crippen molar-refractivity contribution in [2.75, 3.05) is 9.93 Å². The summed E-state index contributed by atoms with van der Waals surface area (Å²) in [6.45, 7) is 0. The van der Waals surface area contributed by atoms with Crippen LogP contribution in [0.2, 0.25) is 0 Å². The van der Waals surface area contributed by atoms with Crippen molar-refractivity contribution in [1.82, 2.24) is 0 Å². The van der Waals surface area contributed by atoms with Gasteiger partial charge in [0.15, 0.2) is 11.6 Å². The third-order valence-corrected chi connectivity index (χ3v) is 3.04. The first-order valence-corrected chi connectivity index (χ1v) is 5.65. The lowest BCUT2D eigenvalue weighted by atomic mass is 10.3. The summed E-state index contributed by atoms with van der Waals surface area (Å²) in [5.74, 6) is -2.37. The molecule has 14 heavy (non-hydrogen) atoms. The van der Waals surface area contributed by atoms with Crippen LogP contribution in [0.4, 0.5) is 14.5 Å². The van der Waals surface area contributed by atoms with Crippen LogP contribution in [0.5, 0.6) is 0 Å². The maximum absolute atomic E-state index is 12.9. The summed E-state index contributed by atoms with van der Waals surface area (Å²) in [4.78, 5) is 0. The van der Waals surface area contributed by atoms with Gasteiger partial charge in [-0.15, -0.1) is 11.6 Å². The zero-order chi connectivity index (χ0) is 10.8. The number of halogens is 3. The van der Waals surface area contributed by atoms with E-state index in [-0.39, 0.29) is 0 Å². The zero-order valence-electron chi connectivity index (χ0n) is 6.80. The molecule has 0 spiro atoms. The van der Waals surface area contributed by atoms with E-state index in [4.69, 9.17) is 11.6 Å². The van der Waals surface area contributed by atoms with E-state index in [0.29, 0.717) is 0 Å². The molecule has 0 radical (unpaired) electrons. The average molecular weight is 242 g/mol. The summed E-state index contributed by atoms with van der Waals surface area (Å²) < 4.78 is 49.1. The Bertz CT molecular complexity index is 435. The third-order valence-electron chi connectivity index (χ3n) is 1.36. The molecule has 0 aliphatic heterocycles. The number of sulfonamides is 1. The second-order valence-corrected chi connectivity index (χ2v) is 4.73. The Morgan fingerprint density at radius 2 is 2.00 bits per heavy atom. The van der Waals surface area contributed by atoms with Crippen molar-refractivity contribution in [1.29, 1.82) is 0 Å². The summed E-state index contributed by atoms with van der Waals surface area (Å²) in [7, 11) is -3.80. The lowest BCUT2D eigenvalue weighted by molar-refractivity contribution is 0.511. The molecule has 0 fully saturated rings. The van der Waals surface area contributed by atoms with Crippen LogP contribution in [0.15, 0.2) is 18.2 Å². The van der Waals surface area contributed by atoms with Crippen molar-refractivity contribution < 1.29 is 17.2 Å². The van der Waals surface area contributed by atoms with Gasteiger partial charge in [0.25, 0.3) is 0 Å². The number of anilines is 1. The Morgan fingerprint density at radius 3 is 2.57 bits per heavy atom. The molecule has 1 aromatic rings. The fourth-order valence-electron chi connectivity index (χ4n) is 0.777. The Labute approximate surface area is 84.7 Å². The minimum atomic E-state index is -3.80. The van der Waals surface area contributed by atoms with Gasteiger partial charge in [0.05, 0.1) is 5.69 Å². The SMILES string of the molecule is O=S(=O)(CCl)Nc1cccc(F)c1F. The summed E-state index contributed by atoms with van der Waals surface area (Å²) >= 11 is 5.07. The molecule has 1 rings (SSSR count). The fraction of sp³-hybridized carbons (Fsp3) is 0.143. The number of hydrogen-bond donors (Lipinski definition) is 1. The van der Waals surface area contributed by atoms with Crippen LogP contribution in [0.25, 0.3) is 0 Å². The highest BCUT2D eigenvalue weighted by molar-refractivity contribution is 7.93. The number of hydrogen-bond acceptors (Lipinski definition) is 2. The van der Waals surface area contributed by atoms with Gasteiger partial charge in [-0.2, -0.15) is 0 Å². The summed E-state index contributed by atoms with van der Waals surface area (Å²) in [5, 5.41) is -0.719. The van der Waals surface area contributed by atoms with E-state index in [1.165, 1.54) is 6.07 Å². The van der Waals surface area contributed by atoms with Crippen LogP contribution >= 0.6 is 11.6 Å². The topological polar surface area (TPSA) is 46.2 Å². The number of nitrogens with one attached hydrogen (secondary N) is 1. The lowest BCUT2D eigenvalue weighted by Crippen LogP contribution is -2.14. The molecule has 7 heteroatoms. The van der Waals surface area contributed by atoms with Crippen LogP contribution in [0.1, 0.15) is 0 Å². The Kier molecular flexibility index (Phi) is 3.28. The maximum Gasteiger partial charge on any atom is 0.246 e. The molecule has 0 saturated carbocycles. The van der Waals surface area contributed by atoms with Gasteiger partial charge in [-0.3, -0.25) is 4.72 Å². The van der Waals surface area contributed by atoms with E-state index in [1.54, 1.807) is 4.72 Å². The van der Waals surface area contributed by atoms with Gasteiger partial charge in [0.1, 0.15) is 5.21 Å². The number of benzene rings is 1. The van der Waals surface area contributed by atoms with E-state index in [2.05, 4.69) is 0 Å². The molecule has 0 heterocycles. The number of alkyl halides is 1. The predicted octanol–water partition coefficient (Wildman–Crippen LogP) is 1.90. The van der Waals surface area contributed by atoms with Gasteiger partial charge in [0.2, 0.25) is 10.0 Å². The van der Waals surface area contributed by atoms with Crippen LogP contribution < -0.4 is 4.72 Å². The molecule has 78 valence electrons. The smallest absolute Gasteiger partial charge is 0.246 e. The largest absolute Gasteiger partial charge is 0.279 e. The first-order valence-electron chi connectivity index (χ1n) is 3.47. The van der Waals surface area contributed by atoms with Gasteiger partial charge in [-0.05, 0) is 12.1 Å². The Balaban J connectivity index is 3.05. The monoisotopic (exact) mass is 241 g/mol. The Hall–Kier alpha value is -0.880. The lowest BCUT2D eigenvalue weighted by Gasteiger charge is -2.05. The first kappa shape index (κ1) is 11.2. The molecule has 0 amide bonds. The van der Waals surface area contributed by atoms with Crippen LogP contribution in [0, 0.1) is 11.6 Å². The summed E-state index contributed by atoms with van der Waals surface area (Å²) in [6, 6.07) is 3.17. The standard InChI is InChI=1S/C7H6ClF2NO2S/c8-4-14(12,13)11-6-3-1-2-5(9)7(6)10/h1-3,11H,4H2. The van der Waals surface area contributed by atoms with Gasteiger partial charge < -0.3 is 0 Å². The van der Waals surface area contributed by atoms with E-state index < -0.39 is 32.6 Å². The normalized spacial score (nSPS) is 11.4. The van der Waals surface area contributed by atoms with Crippen LogP contribution in [0.3, 0.4) is 0 Å². The molecule has 1 N–H and O–H groups in total. The van der Waals surface area contributed by atoms with E-state index >= 15 is 0 Å². The molecular formula is C7H6ClF2NO2S. The first-order chi connectivity index (χ1) is 6.46. The molecule has 0 aromatic heterocycles.